The van der Waals surface area contributed by atoms with Gasteiger partial charge in [-0.1, -0.05) is 6.07 Å². The molecule has 0 aliphatic carbocycles. The highest BCUT2D eigenvalue weighted by Crippen LogP contribution is 2.05. The Morgan fingerprint density at radius 2 is 2.15 bits per heavy atom. The van der Waals surface area contributed by atoms with Crippen LogP contribution in [0.25, 0.3) is 0 Å². The Hall–Kier alpha value is -2.61. The first-order valence-electron chi connectivity index (χ1n) is 6.55. The van der Waals surface area contributed by atoms with Gasteiger partial charge in [0.05, 0.1) is 11.9 Å². The molecular weight excluding hydrogens is 252 g/mol. The number of nitrogens with zero attached hydrogens (tertiary/aromatic N) is 3. The van der Waals surface area contributed by atoms with Crippen LogP contribution in [-0.2, 0) is 6.54 Å². The second kappa shape index (κ2) is 7.10. The van der Waals surface area contributed by atoms with Gasteiger partial charge in [0.1, 0.15) is 11.8 Å². The molecule has 0 spiro atoms. The third kappa shape index (κ3) is 3.95. The zero-order valence-electron chi connectivity index (χ0n) is 11.1. The average molecular weight is 268 g/mol. The molecule has 0 saturated carbocycles. The third-order valence-electron chi connectivity index (χ3n) is 2.93. The summed E-state index contributed by atoms with van der Waals surface area (Å²) in [5.74, 6) is 0. The van der Waals surface area contributed by atoms with Crippen molar-refractivity contribution in [1.82, 2.24) is 9.55 Å². The molecule has 1 N–H and O–H groups in total. The standard InChI is InChI=1S/C15H16N4O/c16-11-13-6-7-14(12-18-13)17-8-2-4-10-19-9-3-1-5-15(19)20/h1,3,5-7,9,12,17H,2,4,8,10H2. The summed E-state index contributed by atoms with van der Waals surface area (Å²) in [6.45, 7) is 1.54. The van der Waals surface area contributed by atoms with Crippen LogP contribution in [0.5, 0.6) is 0 Å². The quantitative estimate of drug-likeness (QED) is 0.813. The van der Waals surface area contributed by atoms with Crippen LogP contribution in [0, 0.1) is 11.3 Å². The fraction of sp³-hybridized carbons (Fsp3) is 0.267. The zero-order valence-corrected chi connectivity index (χ0v) is 11.1. The number of unbranched alkanes of at least 4 members (excludes halogenated alkanes) is 1. The Morgan fingerprint density at radius 1 is 1.25 bits per heavy atom. The fourth-order valence-electron chi connectivity index (χ4n) is 1.85. The maximum Gasteiger partial charge on any atom is 0.250 e. The number of hydrogen-bond acceptors (Lipinski definition) is 4. The van der Waals surface area contributed by atoms with Crippen molar-refractivity contribution in [3.8, 4) is 6.07 Å². The SMILES string of the molecule is N#Cc1ccc(NCCCCn2ccccc2=O)cn1. The monoisotopic (exact) mass is 268 g/mol. The van der Waals surface area contributed by atoms with E-state index in [9.17, 15) is 4.79 Å². The van der Waals surface area contributed by atoms with E-state index in [-0.39, 0.29) is 5.56 Å². The predicted molar refractivity (Wildman–Crippen MR) is 77.4 cm³/mol. The Balaban J connectivity index is 1.70. The molecule has 2 heterocycles. The van der Waals surface area contributed by atoms with Crippen LogP contribution in [0.3, 0.4) is 0 Å². The highest BCUT2D eigenvalue weighted by atomic mass is 16.1. The van der Waals surface area contributed by atoms with Gasteiger partial charge >= 0.3 is 0 Å². The molecule has 0 saturated heterocycles. The van der Waals surface area contributed by atoms with Crippen LogP contribution in [0.2, 0.25) is 0 Å². The van der Waals surface area contributed by atoms with Crippen LogP contribution >= 0.6 is 0 Å². The largest absolute Gasteiger partial charge is 0.384 e. The van der Waals surface area contributed by atoms with Gasteiger partial charge in [-0.05, 0) is 31.0 Å². The number of nitriles is 1. The van der Waals surface area contributed by atoms with E-state index < -0.39 is 0 Å². The number of aryl methyl sites for hydroxylation is 1. The van der Waals surface area contributed by atoms with E-state index in [1.807, 2.05) is 18.2 Å². The van der Waals surface area contributed by atoms with Crippen molar-refractivity contribution < 1.29 is 0 Å². The molecule has 0 radical (unpaired) electrons. The summed E-state index contributed by atoms with van der Waals surface area (Å²) in [5, 5.41) is 11.9. The molecule has 5 heteroatoms. The summed E-state index contributed by atoms with van der Waals surface area (Å²) in [7, 11) is 0. The van der Waals surface area contributed by atoms with Crippen LogP contribution in [0.15, 0.2) is 47.5 Å². The second-order valence-corrected chi connectivity index (χ2v) is 4.41. The fourth-order valence-corrected chi connectivity index (χ4v) is 1.85. The summed E-state index contributed by atoms with van der Waals surface area (Å²) >= 11 is 0. The molecule has 0 atom stereocenters. The molecule has 0 amide bonds. The highest BCUT2D eigenvalue weighted by Gasteiger charge is 1.96. The molecule has 0 aromatic carbocycles. The van der Waals surface area contributed by atoms with E-state index in [1.54, 1.807) is 35.2 Å². The van der Waals surface area contributed by atoms with E-state index in [1.165, 1.54) is 0 Å². The first-order chi connectivity index (χ1) is 9.79. The summed E-state index contributed by atoms with van der Waals surface area (Å²) in [6.07, 6.45) is 5.35. The van der Waals surface area contributed by atoms with Crippen molar-refractivity contribution in [2.45, 2.75) is 19.4 Å². The van der Waals surface area contributed by atoms with Gasteiger partial charge in [0.2, 0.25) is 5.56 Å². The van der Waals surface area contributed by atoms with Gasteiger partial charge < -0.3 is 9.88 Å². The Bertz CT molecular complexity index is 640. The van der Waals surface area contributed by atoms with Gasteiger partial charge in [-0.25, -0.2) is 4.98 Å². The van der Waals surface area contributed by atoms with E-state index in [0.29, 0.717) is 5.69 Å². The van der Waals surface area contributed by atoms with Crippen LogP contribution in [0.4, 0.5) is 5.69 Å². The lowest BCUT2D eigenvalue weighted by Gasteiger charge is -2.07. The maximum atomic E-state index is 11.5. The van der Waals surface area contributed by atoms with E-state index in [0.717, 1.165) is 31.6 Å². The van der Waals surface area contributed by atoms with Crippen molar-refractivity contribution in [2.24, 2.45) is 0 Å². The van der Waals surface area contributed by atoms with Crippen LogP contribution in [-0.4, -0.2) is 16.1 Å². The highest BCUT2D eigenvalue weighted by molar-refractivity contribution is 5.42. The van der Waals surface area contributed by atoms with Crippen molar-refractivity contribution in [3.05, 3.63) is 58.8 Å². The maximum absolute atomic E-state index is 11.5. The minimum Gasteiger partial charge on any atom is -0.384 e. The minimum absolute atomic E-state index is 0.0387. The van der Waals surface area contributed by atoms with Gasteiger partial charge in [0, 0.05) is 25.4 Å². The molecule has 20 heavy (non-hydrogen) atoms. The number of anilines is 1. The lowest BCUT2D eigenvalue weighted by molar-refractivity contribution is 0.604. The lowest BCUT2D eigenvalue weighted by atomic mass is 10.3. The number of pyridine rings is 2. The number of hydrogen-bond donors (Lipinski definition) is 1. The minimum atomic E-state index is 0.0387. The average Bonchev–Trinajstić information content (AvgIpc) is 2.49. The zero-order chi connectivity index (χ0) is 14.2. The summed E-state index contributed by atoms with van der Waals surface area (Å²) in [4.78, 5) is 15.5. The van der Waals surface area contributed by atoms with Gasteiger partial charge in [0.25, 0.3) is 0 Å². The van der Waals surface area contributed by atoms with Gasteiger partial charge in [0.15, 0.2) is 0 Å². The van der Waals surface area contributed by atoms with E-state index >= 15 is 0 Å². The Kier molecular flexibility index (Phi) is 4.90. The lowest BCUT2D eigenvalue weighted by Crippen LogP contribution is -2.18. The molecule has 2 aromatic rings. The molecule has 0 aliphatic rings. The van der Waals surface area contributed by atoms with Gasteiger partial charge in [-0.15, -0.1) is 0 Å². The molecule has 0 fully saturated rings. The van der Waals surface area contributed by atoms with E-state index in [2.05, 4.69) is 10.3 Å². The molecule has 0 bridgehead atoms. The first-order valence-corrected chi connectivity index (χ1v) is 6.55. The van der Waals surface area contributed by atoms with Crippen molar-refractivity contribution in [1.29, 1.82) is 5.26 Å². The van der Waals surface area contributed by atoms with Crippen molar-refractivity contribution in [3.63, 3.8) is 0 Å². The number of nitrogens with one attached hydrogen (secondary N) is 1. The smallest absolute Gasteiger partial charge is 0.250 e. The summed E-state index contributed by atoms with van der Waals surface area (Å²) < 4.78 is 1.71. The third-order valence-corrected chi connectivity index (χ3v) is 2.93. The molecule has 5 nitrogen and oxygen atoms in total. The summed E-state index contributed by atoms with van der Waals surface area (Å²) in [5.41, 5.74) is 1.36. The molecule has 102 valence electrons. The number of aromatic nitrogens is 2. The van der Waals surface area contributed by atoms with Crippen molar-refractivity contribution in [2.75, 3.05) is 11.9 Å². The molecular formula is C15H16N4O. The second-order valence-electron chi connectivity index (χ2n) is 4.41. The molecule has 2 rings (SSSR count). The predicted octanol–water partition coefficient (Wildman–Crippen LogP) is 2.01. The van der Waals surface area contributed by atoms with Gasteiger partial charge in [-0.3, -0.25) is 4.79 Å². The van der Waals surface area contributed by atoms with E-state index in [4.69, 9.17) is 5.26 Å². The van der Waals surface area contributed by atoms with Crippen LogP contribution < -0.4 is 10.9 Å². The first kappa shape index (κ1) is 13.8. The normalized spacial score (nSPS) is 9.95. The van der Waals surface area contributed by atoms with Crippen molar-refractivity contribution >= 4 is 5.69 Å². The molecule has 0 aliphatic heterocycles. The molecule has 0 unspecified atom stereocenters. The molecule has 2 aromatic heterocycles. The van der Waals surface area contributed by atoms with Gasteiger partial charge in [-0.2, -0.15) is 5.26 Å². The summed E-state index contributed by atoms with van der Waals surface area (Å²) in [6, 6.07) is 10.7. The Labute approximate surface area is 117 Å². The topological polar surface area (TPSA) is 70.7 Å². The van der Waals surface area contributed by atoms with Crippen LogP contribution in [0.1, 0.15) is 18.5 Å². The number of rotatable bonds is 6. The Morgan fingerprint density at radius 3 is 2.85 bits per heavy atom.